The Labute approximate surface area is 119 Å². The lowest BCUT2D eigenvalue weighted by molar-refractivity contribution is 0.414. The predicted octanol–water partition coefficient (Wildman–Crippen LogP) is 2.59. The van der Waals surface area contributed by atoms with Crippen LogP contribution in [0.25, 0.3) is 11.3 Å². The largest absolute Gasteiger partial charge is 0.497 e. The Hall–Kier alpha value is -2.33. The summed E-state index contributed by atoms with van der Waals surface area (Å²) in [6.45, 7) is 0. The molecule has 2 aromatic rings. The maximum Gasteiger partial charge on any atom is 0.233 e. The predicted molar refractivity (Wildman–Crippen MR) is 72.1 cm³/mol. The van der Waals surface area contributed by atoms with E-state index in [4.69, 9.17) is 10.00 Å². The number of rotatable bonds is 3. The number of halogens is 1. The van der Waals surface area contributed by atoms with Gasteiger partial charge in [-0.3, -0.25) is 0 Å². The minimum Gasteiger partial charge on any atom is -0.497 e. The highest BCUT2D eigenvalue weighted by atomic mass is 32.2. The van der Waals surface area contributed by atoms with Gasteiger partial charge in [-0.05, 0) is 24.5 Å². The van der Waals surface area contributed by atoms with E-state index in [1.54, 1.807) is 12.3 Å². The van der Waals surface area contributed by atoms with E-state index in [1.807, 2.05) is 0 Å². The van der Waals surface area contributed by atoms with Crippen molar-refractivity contribution < 1.29 is 14.2 Å². The summed E-state index contributed by atoms with van der Waals surface area (Å²) in [7, 11) is 1.45. The van der Waals surface area contributed by atoms with Crippen LogP contribution in [0.5, 0.6) is 11.6 Å². The van der Waals surface area contributed by atoms with E-state index in [1.165, 1.54) is 37.1 Å². The molecule has 20 heavy (non-hydrogen) atoms. The summed E-state index contributed by atoms with van der Waals surface area (Å²) in [5.74, 6) is -0.606. The van der Waals surface area contributed by atoms with E-state index in [2.05, 4.69) is 9.97 Å². The van der Waals surface area contributed by atoms with Crippen LogP contribution in [-0.2, 0) is 0 Å². The molecule has 0 aliphatic rings. The first kappa shape index (κ1) is 14.1. The third kappa shape index (κ3) is 2.51. The molecule has 0 spiro atoms. The van der Waals surface area contributed by atoms with Crippen molar-refractivity contribution in [3.8, 4) is 29.0 Å². The first-order valence-corrected chi connectivity index (χ1v) is 6.72. The Morgan fingerprint density at radius 2 is 2.15 bits per heavy atom. The fourth-order valence-electron chi connectivity index (χ4n) is 1.63. The molecular weight excluding hydrogens is 281 g/mol. The smallest absolute Gasteiger partial charge is 0.233 e. The normalized spacial score (nSPS) is 10.1. The summed E-state index contributed by atoms with van der Waals surface area (Å²) in [4.78, 5) is 7.86. The van der Waals surface area contributed by atoms with Gasteiger partial charge >= 0.3 is 0 Å². The van der Waals surface area contributed by atoms with E-state index in [9.17, 15) is 9.50 Å². The van der Waals surface area contributed by atoms with Gasteiger partial charge in [-0.1, -0.05) is 11.8 Å². The van der Waals surface area contributed by atoms with Crippen LogP contribution in [0.3, 0.4) is 0 Å². The minimum absolute atomic E-state index is 0.0424. The van der Waals surface area contributed by atoms with E-state index in [0.29, 0.717) is 5.75 Å². The molecule has 1 heterocycles. The molecule has 0 atom stereocenters. The third-order valence-corrected chi connectivity index (χ3v) is 3.14. The van der Waals surface area contributed by atoms with Gasteiger partial charge in [-0.2, -0.15) is 10.2 Å². The van der Waals surface area contributed by atoms with E-state index >= 15 is 0 Å². The summed E-state index contributed by atoms with van der Waals surface area (Å²) in [6, 6.07) is 5.88. The zero-order valence-corrected chi connectivity index (χ0v) is 11.5. The molecule has 0 aliphatic heterocycles. The molecule has 0 unspecified atom stereocenters. The monoisotopic (exact) mass is 291 g/mol. The molecule has 0 saturated heterocycles. The van der Waals surface area contributed by atoms with Gasteiger partial charge in [0.25, 0.3) is 0 Å². The van der Waals surface area contributed by atoms with Crippen LogP contribution < -0.4 is 4.74 Å². The minimum atomic E-state index is -0.563. The molecule has 7 heteroatoms. The van der Waals surface area contributed by atoms with Gasteiger partial charge in [-0.25, -0.2) is 9.37 Å². The number of nitriles is 1. The second kappa shape index (κ2) is 5.75. The average molecular weight is 291 g/mol. The van der Waals surface area contributed by atoms with Crippen molar-refractivity contribution in [2.45, 2.75) is 5.16 Å². The summed E-state index contributed by atoms with van der Waals surface area (Å²) in [5, 5.41) is 19.1. The Kier molecular flexibility index (Phi) is 4.05. The summed E-state index contributed by atoms with van der Waals surface area (Å²) in [6.07, 6.45) is 1.71. The SMILES string of the molecule is COc1ccc(F)c(-c2nc(SC)nc(O)c2C#N)c1. The number of hydrogen-bond donors (Lipinski definition) is 1. The molecule has 0 bridgehead atoms. The topological polar surface area (TPSA) is 79.0 Å². The molecule has 0 radical (unpaired) electrons. The number of nitrogens with zero attached hydrogens (tertiary/aromatic N) is 3. The number of aromatic hydroxyl groups is 1. The Balaban J connectivity index is 2.74. The maximum atomic E-state index is 14.0. The quantitative estimate of drug-likeness (QED) is 0.691. The van der Waals surface area contributed by atoms with Crippen molar-refractivity contribution in [1.82, 2.24) is 9.97 Å². The van der Waals surface area contributed by atoms with Crippen molar-refractivity contribution in [3.63, 3.8) is 0 Å². The van der Waals surface area contributed by atoms with Gasteiger partial charge in [0.05, 0.1) is 12.8 Å². The number of aromatic nitrogens is 2. The molecule has 5 nitrogen and oxygen atoms in total. The van der Waals surface area contributed by atoms with Gasteiger partial charge in [0, 0.05) is 5.56 Å². The first-order valence-electron chi connectivity index (χ1n) is 5.49. The maximum absolute atomic E-state index is 14.0. The molecule has 0 amide bonds. The fourth-order valence-corrected chi connectivity index (χ4v) is 1.99. The standard InChI is InChI=1S/C13H10FN3O2S/c1-19-7-3-4-10(14)8(5-7)11-9(6-15)12(18)17-13(16-11)20-2/h3-5H,1-2H3,(H,16,17,18). The van der Waals surface area contributed by atoms with Gasteiger partial charge in [0.15, 0.2) is 5.16 Å². The lowest BCUT2D eigenvalue weighted by Crippen LogP contribution is -1.98. The number of methoxy groups -OCH3 is 1. The molecule has 1 aromatic carbocycles. The second-order valence-electron chi connectivity index (χ2n) is 3.72. The van der Waals surface area contributed by atoms with E-state index in [-0.39, 0.29) is 22.0 Å². The second-order valence-corrected chi connectivity index (χ2v) is 4.49. The Morgan fingerprint density at radius 1 is 1.40 bits per heavy atom. The van der Waals surface area contributed by atoms with E-state index in [0.717, 1.165) is 0 Å². The number of thioether (sulfide) groups is 1. The Morgan fingerprint density at radius 3 is 2.75 bits per heavy atom. The summed E-state index contributed by atoms with van der Waals surface area (Å²) < 4.78 is 19.0. The zero-order chi connectivity index (χ0) is 14.7. The molecule has 1 N–H and O–H groups in total. The van der Waals surface area contributed by atoms with Gasteiger partial charge in [-0.15, -0.1) is 0 Å². The Bertz CT molecular complexity index is 701. The van der Waals surface area contributed by atoms with Crippen molar-refractivity contribution in [3.05, 3.63) is 29.6 Å². The number of benzene rings is 1. The molecular formula is C13H10FN3O2S. The van der Waals surface area contributed by atoms with Crippen LogP contribution in [0.4, 0.5) is 4.39 Å². The van der Waals surface area contributed by atoms with Crippen molar-refractivity contribution in [2.75, 3.05) is 13.4 Å². The lowest BCUT2D eigenvalue weighted by Gasteiger charge is -2.09. The van der Waals surface area contributed by atoms with Crippen LogP contribution in [0.15, 0.2) is 23.4 Å². The number of hydrogen-bond acceptors (Lipinski definition) is 6. The highest BCUT2D eigenvalue weighted by Gasteiger charge is 2.18. The van der Waals surface area contributed by atoms with Crippen molar-refractivity contribution in [1.29, 1.82) is 5.26 Å². The summed E-state index contributed by atoms with van der Waals surface area (Å²) >= 11 is 1.18. The van der Waals surface area contributed by atoms with Crippen LogP contribution >= 0.6 is 11.8 Å². The van der Waals surface area contributed by atoms with Crippen molar-refractivity contribution >= 4 is 11.8 Å². The molecule has 2 rings (SSSR count). The highest BCUT2D eigenvalue weighted by molar-refractivity contribution is 7.98. The highest BCUT2D eigenvalue weighted by Crippen LogP contribution is 2.32. The molecule has 102 valence electrons. The molecule has 0 aliphatic carbocycles. The molecule has 0 fully saturated rings. The van der Waals surface area contributed by atoms with Crippen molar-refractivity contribution in [2.24, 2.45) is 0 Å². The third-order valence-electron chi connectivity index (χ3n) is 2.59. The average Bonchev–Trinajstić information content (AvgIpc) is 2.47. The van der Waals surface area contributed by atoms with Crippen LogP contribution in [-0.4, -0.2) is 28.4 Å². The van der Waals surface area contributed by atoms with E-state index < -0.39 is 11.7 Å². The van der Waals surface area contributed by atoms with Crippen LogP contribution in [0.2, 0.25) is 0 Å². The van der Waals surface area contributed by atoms with Crippen LogP contribution in [0.1, 0.15) is 5.56 Å². The van der Waals surface area contributed by atoms with Crippen LogP contribution in [0, 0.1) is 17.1 Å². The van der Waals surface area contributed by atoms with Gasteiger partial charge in [0.1, 0.15) is 23.2 Å². The number of ether oxygens (including phenoxy) is 1. The first-order chi connectivity index (χ1) is 9.60. The fraction of sp³-hybridized carbons (Fsp3) is 0.154. The molecule has 1 aromatic heterocycles. The summed E-state index contributed by atoms with van der Waals surface area (Å²) in [5.41, 5.74) is -0.0513. The zero-order valence-electron chi connectivity index (χ0n) is 10.7. The van der Waals surface area contributed by atoms with Gasteiger partial charge < -0.3 is 9.84 Å². The lowest BCUT2D eigenvalue weighted by atomic mass is 10.1. The molecule has 0 saturated carbocycles. The van der Waals surface area contributed by atoms with Gasteiger partial charge in [0.2, 0.25) is 5.88 Å².